The first kappa shape index (κ1) is 18.2. The number of aliphatic carboxylic acids is 1. The van der Waals surface area contributed by atoms with Crippen molar-refractivity contribution in [3.05, 3.63) is 0 Å². The van der Waals surface area contributed by atoms with Gasteiger partial charge in [-0.2, -0.15) is 13.2 Å². The third-order valence-electron chi connectivity index (χ3n) is 2.34. The largest absolute Gasteiger partial charge is 0.481 e. The van der Waals surface area contributed by atoms with Crippen LogP contribution in [0.3, 0.4) is 0 Å². The smallest absolute Gasteiger partial charge is 0.406 e. The fourth-order valence-electron chi connectivity index (χ4n) is 1.48. The summed E-state index contributed by atoms with van der Waals surface area (Å²) in [4.78, 5) is 33.7. The molecular weight excluding hydrogens is 281 g/mol. The topological polar surface area (TPSA) is 86.7 Å². The van der Waals surface area contributed by atoms with Crippen LogP contribution >= 0.6 is 0 Å². The van der Waals surface area contributed by atoms with Crippen molar-refractivity contribution in [3.63, 3.8) is 0 Å². The van der Waals surface area contributed by atoms with Crippen LogP contribution in [0.1, 0.15) is 26.7 Å². The van der Waals surface area contributed by atoms with Crippen LogP contribution in [0, 0.1) is 5.92 Å². The number of carboxylic acids is 1. The molecule has 0 aliphatic carbocycles. The number of halogens is 3. The molecular formula is C11H17F3N2O4. The molecule has 0 aliphatic rings. The van der Waals surface area contributed by atoms with Gasteiger partial charge in [0, 0.05) is 19.4 Å². The van der Waals surface area contributed by atoms with Gasteiger partial charge in [0.2, 0.25) is 5.91 Å². The van der Waals surface area contributed by atoms with Gasteiger partial charge < -0.3 is 10.0 Å². The molecule has 20 heavy (non-hydrogen) atoms. The van der Waals surface area contributed by atoms with Crippen molar-refractivity contribution in [3.8, 4) is 0 Å². The summed E-state index contributed by atoms with van der Waals surface area (Å²) in [5.41, 5.74) is 0. The molecule has 0 spiro atoms. The fraction of sp³-hybridized carbons (Fsp3) is 0.727. The van der Waals surface area contributed by atoms with E-state index in [0.29, 0.717) is 4.90 Å². The fourth-order valence-corrected chi connectivity index (χ4v) is 1.48. The molecule has 0 aliphatic heterocycles. The summed E-state index contributed by atoms with van der Waals surface area (Å²) >= 11 is 0. The molecule has 0 aromatic rings. The number of carboxylic acid groups (broad SMARTS) is 1. The van der Waals surface area contributed by atoms with Gasteiger partial charge in [-0.1, -0.05) is 6.92 Å². The zero-order chi connectivity index (χ0) is 15.9. The summed E-state index contributed by atoms with van der Waals surface area (Å²) < 4.78 is 36.5. The zero-order valence-electron chi connectivity index (χ0n) is 11.2. The van der Waals surface area contributed by atoms with Gasteiger partial charge in [-0.3, -0.25) is 14.9 Å². The Labute approximate surface area is 113 Å². The first-order valence-corrected chi connectivity index (χ1v) is 5.92. The average molecular weight is 298 g/mol. The first-order chi connectivity index (χ1) is 9.05. The van der Waals surface area contributed by atoms with Gasteiger partial charge in [0.25, 0.3) is 0 Å². The predicted octanol–water partition coefficient (Wildman–Crippen LogP) is 1.61. The molecule has 116 valence electrons. The van der Waals surface area contributed by atoms with Crippen molar-refractivity contribution in [1.29, 1.82) is 0 Å². The van der Waals surface area contributed by atoms with E-state index in [1.165, 1.54) is 13.8 Å². The number of carbonyl (C=O) groups excluding carboxylic acids is 2. The molecule has 2 N–H and O–H groups in total. The van der Waals surface area contributed by atoms with E-state index in [1.807, 2.05) is 5.32 Å². The van der Waals surface area contributed by atoms with Crippen LogP contribution in [-0.2, 0) is 9.59 Å². The number of urea groups is 1. The Morgan fingerprint density at radius 2 is 1.80 bits per heavy atom. The molecule has 9 heteroatoms. The maximum Gasteiger partial charge on any atom is 0.406 e. The molecule has 0 rings (SSSR count). The number of imide groups is 1. The number of amides is 3. The molecule has 0 saturated heterocycles. The number of rotatable bonds is 6. The average Bonchev–Trinajstić information content (AvgIpc) is 2.22. The second-order valence-electron chi connectivity index (χ2n) is 4.39. The van der Waals surface area contributed by atoms with E-state index < -0.39 is 36.5 Å². The van der Waals surface area contributed by atoms with E-state index in [-0.39, 0.29) is 19.4 Å². The third kappa shape index (κ3) is 8.33. The van der Waals surface area contributed by atoms with Crippen molar-refractivity contribution in [2.24, 2.45) is 5.92 Å². The summed E-state index contributed by atoms with van der Waals surface area (Å²) in [6, 6.07) is -1.14. The molecule has 1 unspecified atom stereocenters. The second-order valence-corrected chi connectivity index (χ2v) is 4.39. The Bertz CT molecular complexity index is 371. The lowest BCUT2D eigenvalue weighted by molar-refractivity contribution is -0.141. The molecule has 0 saturated carbocycles. The highest BCUT2D eigenvalue weighted by Gasteiger charge is 2.32. The van der Waals surface area contributed by atoms with Crippen LogP contribution in [0.4, 0.5) is 18.0 Å². The van der Waals surface area contributed by atoms with Gasteiger partial charge in [-0.25, -0.2) is 4.79 Å². The number of nitrogens with zero attached hydrogens (tertiary/aromatic N) is 1. The minimum atomic E-state index is -4.55. The molecule has 1 atom stereocenters. The zero-order valence-corrected chi connectivity index (χ0v) is 11.2. The highest BCUT2D eigenvalue weighted by atomic mass is 19.4. The maximum atomic E-state index is 12.2. The molecule has 0 aromatic heterocycles. The van der Waals surface area contributed by atoms with E-state index in [9.17, 15) is 27.6 Å². The molecule has 0 aromatic carbocycles. The highest BCUT2D eigenvalue weighted by molar-refractivity contribution is 5.94. The van der Waals surface area contributed by atoms with Gasteiger partial charge in [-0.15, -0.1) is 0 Å². The minimum Gasteiger partial charge on any atom is -0.481 e. The maximum absolute atomic E-state index is 12.2. The number of nitrogens with one attached hydrogen (secondary N) is 1. The summed E-state index contributed by atoms with van der Waals surface area (Å²) in [6.07, 6.45) is -5.06. The number of hydrogen-bond acceptors (Lipinski definition) is 3. The van der Waals surface area contributed by atoms with Gasteiger partial charge in [0.1, 0.15) is 6.54 Å². The van der Waals surface area contributed by atoms with Crippen molar-refractivity contribution < 1.29 is 32.7 Å². The summed E-state index contributed by atoms with van der Waals surface area (Å²) in [6.45, 7) is 1.19. The lowest BCUT2D eigenvalue weighted by Gasteiger charge is -2.22. The van der Waals surface area contributed by atoms with Gasteiger partial charge in [-0.05, 0) is 12.8 Å². The predicted molar refractivity (Wildman–Crippen MR) is 62.9 cm³/mol. The van der Waals surface area contributed by atoms with E-state index in [4.69, 9.17) is 5.11 Å². The summed E-state index contributed by atoms with van der Waals surface area (Å²) in [5, 5.41) is 10.3. The molecule has 0 fully saturated rings. The minimum absolute atomic E-state index is 0.205. The SMILES string of the molecule is CCN(CC(F)(F)F)C(=O)NC(=O)CC(C)CC(=O)O. The highest BCUT2D eigenvalue weighted by Crippen LogP contribution is 2.16. The van der Waals surface area contributed by atoms with Crippen LogP contribution < -0.4 is 5.32 Å². The van der Waals surface area contributed by atoms with Gasteiger partial charge in [0.15, 0.2) is 0 Å². The van der Waals surface area contributed by atoms with Crippen molar-refractivity contribution in [2.45, 2.75) is 32.9 Å². The van der Waals surface area contributed by atoms with Gasteiger partial charge in [0.05, 0.1) is 0 Å². The Hall–Kier alpha value is -1.80. The standard InChI is InChI=1S/C11H17F3N2O4/c1-3-16(6-11(12,13)14)10(20)15-8(17)4-7(2)5-9(18)19/h7H,3-6H2,1-2H3,(H,18,19)(H,15,17,20). The van der Waals surface area contributed by atoms with E-state index in [1.54, 1.807) is 0 Å². The molecule has 3 amide bonds. The first-order valence-electron chi connectivity index (χ1n) is 5.92. The second kappa shape index (κ2) is 7.71. The summed E-state index contributed by atoms with van der Waals surface area (Å²) in [5.74, 6) is -2.41. The van der Waals surface area contributed by atoms with E-state index in [0.717, 1.165) is 0 Å². The number of carbonyl (C=O) groups is 3. The van der Waals surface area contributed by atoms with E-state index in [2.05, 4.69) is 0 Å². The van der Waals surface area contributed by atoms with Crippen LogP contribution in [-0.4, -0.2) is 47.2 Å². The molecule has 6 nitrogen and oxygen atoms in total. The monoisotopic (exact) mass is 298 g/mol. The number of hydrogen-bond donors (Lipinski definition) is 2. The molecule has 0 bridgehead atoms. The van der Waals surface area contributed by atoms with Crippen LogP contribution in [0.25, 0.3) is 0 Å². The Kier molecular flexibility index (Phi) is 7.01. The van der Waals surface area contributed by atoms with Crippen LogP contribution in [0.5, 0.6) is 0 Å². The van der Waals surface area contributed by atoms with Crippen molar-refractivity contribution in [1.82, 2.24) is 10.2 Å². The summed E-state index contributed by atoms with van der Waals surface area (Å²) in [7, 11) is 0. The van der Waals surface area contributed by atoms with Crippen LogP contribution in [0.15, 0.2) is 0 Å². The van der Waals surface area contributed by atoms with E-state index >= 15 is 0 Å². The quantitative estimate of drug-likeness (QED) is 0.780. The Morgan fingerprint density at radius 3 is 2.20 bits per heavy atom. The molecule has 0 heterocycles. The normalized spacial score (nSPS) is 12.7. The third-order valence-corrected chi connectivity index (χ3v) is 2.34. The van der Waals surface area contributed by atoms with Crippen molar-refractivity contribution in [2.75, 3.05) is 13.1 Å². The van der Waals surface area contributed by atoms with Crippen molar-refractivity contribution >= 4 is 17.9 Å². The van der Waals surface area contributed by atoms with Crippen LogP contribution in [0.2, 0.25) is 0 Å². The molecule has 0 radical (unpaired) electrons. The number of alkyl halides is 3. The van der Waals surface area contributed by atoms with Gasteiger partial charge >= 0.3 is 18.2 Å². The Morgan fingerprint density at radius 1 is 1.25 bits per heavy atom. The lowest BCUT2D eigenvalue weighted by Crippen LogP contribution is -2.46. The lowest BCUT2D eigenvalue weighted by atomic mass is 10.0. The Balaban J connectivity index is 4.36.